The van der Waals surface area contributed by atoms with Crippen LogP contribution in [0.2, 0.25) is 0 Å². The van der Waals surface area contributed by atoms with Crippen molar-refractivity contribution in [1.82, 2.24) is 0 Å². The lowest BCUT2D eigenvalue weighted by Crippen LogP contribution is -2.08. The highest BCUT2D eigenvalue weighted by atomic mass is 19.3. The molecule has 0 spiro atoms. The van der Waals surface area contributed by atoms with Crippen LogP contribution in [0.25, 0.3) is 0 Å². The Bertz CT molecular complexity index is 481. The van der Waals surface area contributed by atoms with Crippen molar-refractivity contribution in [2.75, 3.05) is 0 Å². The molecule has 0 aliphatic carbocycles. The molecule has 0 aromatic heterocycles. The van der Waals surface area contributed by atoms with Crippen LogP contribution in [-0.4, -0.2) is 11.1 Å². The molecular formula is C11H10F2N2O2. The predicted octanol–water partition coefficient (Wildman–Crippen LogP) is 1.58. The number of alkyl halides is 2. The third-order valence-electron chi connectivity index (χ3n) is 2.26. The van der Waals surface area contributed by atoms with E-state index in [1.807, 2.05) is 0 Å². The number of carboxylic acids is 1. The van der Waals surface area contributed by atoms with Gasteiger partial charge in [0.05, 0.1) is 18.1 Å². The van der Waals surface area contributed by atoms with Crippen molar-refractivity contribution in [2.45, 2.75) is 19.4 Å². The molecule has 0 unspecified atom stereocenters. The molecule has 1 rings (SSSR count). The summed E-state index contributed by atoms with van der Waals surface area (Å²) in [7, 11) is 0. The van der Waals surface area contributed by atoms with Gasteiger partial charge in [0.15, 0.2) is 0 Å². The van der Waals surface area contributed by atoms with Gasteiger partial charge >= 0.3 is 5.97 Å². The third kappa shape index (κ3) is 2.98. The number of nitrogens with two attached hydrogens (primary N) is 1. The summed E-state index contributed by atoms with van der Waals surface area (Å²) in [4.78, 5) is 10.5. The van der Waals surface area contributed by atoms with Gasteiger partial charge in [0.2, 0.25) is 0 Å². The summed E-state index contributed by atoms with van der Waals surface area (Å²) in [5.41, 5.74) is 5.18. The van der Waals surface area contributed by atoms with Crippen LogP contribution in [0.1, 0.15) is 28.7 Å². The van der Waals surface area contributed by atoms with E-state index in [-0.39, 0.29) is 28.8 Å². The van der Waals surface area contributed by atoms with E-state index in [0.717, 1.165) is 6.07 Å². The smallest absolute Gasteiger partial charge is 0.307 e. The Balaban J connectivity index is 3.36. The van der Waals surface area contributed by atoms with Crippen molar-refractivity contribution in [2.24, 2.45) is 5.73 Å². The molecular weight excluding hydrogens is 230 g/mol. The minimum absolute atomic E-state index is 0.00144. The van der Waals surface area contributed by atoms with Gasteiger partial charge in [0.1, 0.15) is 0 Å². The Hall–Kier alpha value is -2.00. The van der Waals surface area contributed by atoms with Crippen LogP contribution in [0.4, 0.5) is 8.78 Å². The number of nitriles is 1. The lowest BCUT2D eigenvalue weighted by atomic mass is 9.97. The fourth-order valence-electron chi connectivity index (χ4n) is 1.56. The molecule has 90 valence electrons. The van der Waals surface area contributed by atoms with Crippen LogP contribution in [0, 0.1) is 11.3 Å². The zero-order valence-electron chi connectivity index (χ0n) is 8.78. The van der Waals surface area contributed by atoms with Crippen LogP contribution < -0.4 is 5.73 Å². The summed E-state index contributed by atoms with van der Waals surface area (Å²) >= 11 is 0. The molecule has 0 fully saturated rings. The van der Waals surface area contributed by atoms with Crippen LogP contribution in [-0.2, 0) is 17.8 Å². The van der Waals surface area contributed by atoms with E-state index in [1.54, 1.807) is 6.07 Å². The highest BCUT2D eigenvalue weighted by Crippen LogP contribution is 2.27. The van der Waals surface area contributed by atoms with Crippen molar-refractivity contribution in [3.8, 4) is 6.07 Å². The Morgan fingerprint density at radius 1 is 1.53 bits per heavy atom. The maximum Gasteiger partial charge on any atom is 0.307 e. The number of carbonyl (C=O) groups is 1. The monoisotopic (exact) mass is 240 g/mol. The van der Waals surface area contributed by atoms with E-state index in [9.17, 15) is 13.6 Å². The van der Waals surface area contributed by atoms with Crippen LogP contribution in [0.15, 0.2) is 12.1 Å². The van der Waals surface area contributed by atoms with Crippen LogP contribution in [0.3, 0.4) is 0 Å². The number of hydrogen-bond acceptors (Lipinski definition) is 3. The maximum absolute atomic E-state index is 12.7. The standard InChI is InChI=1S/C11H10F2N2O2/c12-11(13)8-2-6(3-10(16)17)1-7(4-14)9(8)5-15/h1-2,11H,3,5,15H2,(H,16,17). The molecule has 0 aliphatic heterocycles. The number of hydrogen-bond donors (Lipinski definition) is 2. The fraction of sp³-hybridized carbons (Fsp3) is 0.273. The highest BCUT2D eigenvalue weighted by molar-refractivity contribution is 5.70. The second-order valence-corrected chi connectivity index (χ2v) is 3.40. The lowest BCUT2D eigenvalue weighted by molar-refractivity contribution is -0.136. The van der Waals surface area contributed by atoms with E-state index in [2.05, 4.69) is 0 Å². The largest absolute Gasteiger partial charge is 0.481 e. The molecule has 0 aliphatic rings. The molecule has 0 atom stereocenters. The number of aliphatic carboxylic acids is 1. The zero-order valence-corrected chi connectivity index (χ0v) is 8.78. The van der Waals surface area contributed by atoms with Gasteiger partial charge in [-0.1, -0.05) is 0 Å². The van der Waals surface area contributed by atoms with Crippen molar-refractivity contribution in [1.29, 1.82) is 5.26 Å². The first-order valence-electron chi connectivity index (χ1n) is 4.75. The van der Waals surface area contributed by atoms with Crippen molar-refractivity contribution in [3.63, 3.8) is 0 Å². The van der Waals surface area contributed by atoms with Crippen molar-refractivity contribution >= 4 is 5.97 Å². The summed E-state index contributed by atoms with van der Waals surface area (Å²) in [6, 6.07) is 4.11. The van der Waals surface area contributed by atoms with Crippen molar-refractivity contribution < 1.29 is 18.7 Å². The van der Waals surface area contributed by atoms with E-state index in [0.29, 0.717) is 0 Å². The molecule has 3 N–H and O–H groups in total. The molecule has 0 radical (unpaired) electrons. The summed E-state index contributed by atoms with van der Waals surface area (Å²) < 4.78 is 25.5. The molecule has 0 amide bonds. The van der Waals surface area contributed by atoms with Gasteiger partial charge in [-0.3, -0.25) is 4.79 Å². The number of halogens is 2. The van der Waals surface area contributed by atoms with E-state index in [4.69, 9.17) is 16.1 Å². The van der Waals surface area contributed by atoms with E-state index < -0.39 is 18.8 Å². The van der Waals surface area contributed by atoms with Gasteiger partial charge in [0, 0.05) is 12.1 Å². The quantitative estimate of drug-likeness (QED) is 0.836. The Morgan fingerprint density at radius 2 is 2.18 bits per heavy atom. The average molecular weight is 240 g/mol. The van der Waals surface area contributed by atoms with Crippen LogP contribution in [0.5, 0.6) is 0 Å². The van der Waals surface area contributed by atoms with Gasteiger partial charge in [-0.15, -0.1) is 0 Å². The minimum atomic E-state index is -2.78. The Labute approximate surface area is 96.3 Å². The fourth-order valence-corrected chi connectivity index (χ4v) is 1.56. The van der Waals surface area contributed by atoms with E-state index >= 15 is 0 Å². The second-order valence-electron chi connectivity index (χ2n) is 3.40. The van der Waals surface area contributed by atoms with Crippen molar-refractivity contribution in [3.05, 3.63) is 34.4 Å². The summed E-state index contributed by atoms with van der Waals surface area (Å²) in [6.45, 7) is -0.185. The lowest BCUT2D eigenvalue weighted by Gasteiger charge is -2.11. The molecule has 0 saturated heterocycles. The molecule has 0 heterocycles. The van der Waals surface area contributed by atoms with Crippen LogP contribution >= 0.6 is 0 Å². The summed E-state index contributed by atoms with van der Waals surface area (Å²) in [6.07, 6.45) is -3.19. The molecule has 0 bridgehead atoms. The van der Waals surface area contributed by atoms with Gasteiger partial charge in [-0.05, 0) is 23.3 Å². The van der Waals surface area contributed by atoms with Gasteiger partial charge < -0.3 is 10.8 Å². The van der Waals surface area contributed by atoms with Gasteiger partial charge in [-0.25, -0.2) is 8.78 Å². The SMILES string of the molecule is N#Cc1cc(CC(=O)O)cc(C(F)F)c1CN. The Morgan fingerprint density at radius 3 is 2.59 bits per heavy atom. The maximum atomic E-state index is 12.7. The third-order valence-corrected chi connectivity index (χ3v) is 2.26. The minimum Gasteiger partial charge on any atom is -0.481 e. The average Bonchev–Trinajstić information content (AvgIpc) is 2.26. The second kappa shape index (κ2) is 5.37. The summed E-state index contributed by atoms with van der Waals surface area (Å²) in [5, 5.41) is 17.4. The number of rotatable bonds is 4. The Kier molecular flexibility index (Phi) is 4.12. The molecule has 0 saturated carbocycles. The highest BCUT2D eigenvalue weighted by Gasteiger charge is 2.17. The normalized spacial score (nSPS) is 10.3. The number of carboxylic acid groups (broad SMARTS) is 1. The first-order valence-corrected chi connectivity index (χ1v) is 4.75. The van der Waals surface area contributed by atoms with Gasteiger partial charge in [-0.2, -0.15) is 5.26 Å². The molecule has 6 heteroatoms. The predicted molar refractivity (Wildman–Crippen MR) is 55.3 cm³/mol. The first kappa shape index (κ1) is 13.1. The zero-order chi connectivity index (χ0) is 13.0. The number of nitrogens with zero attached hydrogens (tertiary/aromatic N) is 1. The summed E-state index contributed by atoms with van der Waals surface area (Å²) in [5.74, 6) is -1.14. The molecule has 1 aromatic rings. The first-order chi connectivity index (χ1) is 7.99. The molecule has 17 heavy (non-hydrogen) atoms. The topological polar surface area (TPSA) is 87.1 Å². The molecule has 4 nitrogen and oxygen atoms in total. The molecule has 1 aromatic carbocycles. The van der Waals surface area contributed by atoms with E-state index in [1.165, 1.54) is 6.07 Å². The van der Waals surface area contributed by atoms with Gasteiger partial charge in [0.25, 0.3) is 6.43 Å². The number of benzene rings is 1.